The van der Waals surface area contributed by atoms with E-state index in [1.54, 1.807) is 14.2 Å². The number of methoxy groups -OCH3 is 2. The SMILES string of the molecule is CO[C@H]1[C@H](OC(C)=O)O[C@H](CO[Si](C)(C)C(C)(C)C)[C@H]1OC. The third kappa shape index (κ3) is 4.52. The Morgan fingerprint density at radius 2 is 1.68 bits per heavy atom. The maximum atomic E-state index is 11.2. The average Bonchev–Trinajstić information content (AvgIpc) is 2.70. The molecule has 0 amide bonds. The van der Waals surface area contributed by atoms with Gasteiger partial charge in [-0.05, 0) is 18.1 Å². The van der Waals surface area contributed by atoms with Gasteiger partial charge in [-0.3, -0.25) is 4.79 Å². The Balaban J connectivity index is 2.75. The number of carbonyl (C=O) groups is 1. The van der Waals surface area contributed by atoms with Crippen molar-refractivity contribution in [1.29, 1.82) is 0 Å². The van der Waals surface area contributed by atoms with Gasteiger partial charge in [-0.25, -0.2) is 0 Å². The summed E-state index contributed by atoms with van der Waals surface area (Å²) in [5.41, 5.74) is 0. The predicted octanol–water partition coefficient (Wildman–Crippen LogP) is 2.33. The van der Waals surface area contributed by atoms with Crippen LogP contribution in [0, 0.1) is 0 Å². The fraction of sp³-hybridized carbons (Fsp3) is 0.933. The number of hydrogen-bond donors (Lipinski definition) is 0. The third-order valence-electron chi connectivity index (χ3n) is 4.51. The van der Waals surface area contributed by atoms with Crippen molar-refractivity contribution < 1.29 is 28.2 Å². The van der Waals surface area contributed by atoms with Crippen molar-refractivity contribution in [1.82, 2.24) is 0 Å². The first-order valence-electron chi connectivity index (χ1n) is 7.55. The van der Waals surface area contributed by atoms with Crippen molar-refractivity contribution in [3.8, 4) is 0 Å². The molecule has 1 saturated heterocycles. The first-order chi connectivity index (χ1) is 10.0. The normalized spacial score (nSPS) is 29.6. The monoisotopic (exact) mass is 334 g/mol. The summed E-state index contributed by atoms with van der Waals surface area (Å²) < 4.78 is 28.0. The van der Waals surface area contributed by atoms with Crippen LogP contribution in [0.25, 0.3) is 0 Å². The minimum atomic E-state index is -1.89. The molecule has 0 aromatic rings. The Morgan fingerprint density at radius 3 is 2.09 bits per heavy atom. The largest absolute Gasteiger partial charge is 0.433 e. The molecule has 0 aromatic carbocycles. The molecule has 1 fully saturated rings. The topological polar surface area (TPSA) is 63.2 Å². The lowest BCUT2D eigenvalue weighted by molar-refractivity contribution is -0.189. The highest BCUT2D eigenvalue weighted by Crippen LogP contribution is 2.37. The van der Waals surface area contributed by atoms with Crippen LogP contribution in [0.1, 0.15) is 27.7 Å². The molecule has 0 bridgehead atoms. The van der Waals surface area contributed by atoms with Gasteiger partial charge in [0, 0.05) is 21.1 Å². The van der Waals surface area contributed by atoms with E-state index in [-0.39, 0.29) is 17.2 Å². The van der Waals surface area contributed by atoms with Crippen LogP contribution in [0.5, 0.6) is 0 Å². The average molecular weight is 334 g/mol. The molecular formula is C15H30O6Si. The fourth-order valence-corrected chi connectivity index (χ4v) is 3.14. The maximum absolute atomic E-state index is 11.2. The van der Waals surface area contributed by atoms with Crippen LogP contribution >= 0.6 is 0 Å². The molecule has 0 saturated carbocycles. The van der Waals surface area contributed by atoms with E-state index < -0.39 is 26.7 Å². The van der Waals surface area contributed by atoms with Crippen LogP contribution in [0.2, 0.25) is 18.1 Å². The third-order valence-corrected chi connectivity index (χ3v) is 9.01. The van der Waals surface area contributed by atoms with Gasteiger partial charge in [0.05, 0.1) is 6.61 Å². The van der Waals surface area contributed by atoms with Gasteiger partial charge in [0.2, 0.25) is 6.29 Å². The van der Waals surface area contributed by atoms with Crippen molar-refractivity contribution in [3.05, 3.63) is 0 Å². The van der Waals surface area contributed by atoms with Gasteiger partial charge in [0.1, 0.15) is 18.3 Å². The minimum absolute atomic E-state index is 0.115. The van der Waals surface area contributed by atoms with Crippen LogP contribution < -0.4 is 0 Å². The summed E-state index contributed by atoms with van der Waals surface area (Å²) in [6.45, 7) is 12.7. The zero-order chi connectivity index (χ0) is 17.1. The molecule has 0 radical (unpaired) electrons. The molecule has 1 rings (SSSR count). The van der Waals surface area contributed by atoms with Crippen molar-refractivity contribution in [2.45, 2.75) is 70.4 Å². The van der Waals surface area contributed by atoms with E-state index in [1.807, 2.05) is 0 Å². The number of ether oxygens (including phenoxy) is 4. The van der Waals surface area contributed by atoms with Crippen molar-refractivity contribution in [2.75, 3.05) is 20.8 Å². The van der Waals surface area contributed by atoms with E-state index in [1.165, 1.54) is 6.92 Å². The first-order valence-corrected chi connectivity index (χ1v) is 10.5. The highest BCUT2D eigenvalue weighted by molar-refractivity contribution is 6.74. The van der Waals surface area contributed by atoms with Crippen LogP contribution in [0.4, 0.5) is 0 Å². The van der Waals surface area contributed by atoms with Gasteiger partial charge in [0.25, 0.3) is 0 Å². The second-order valence-corrected chi connectivity index (χ2v) is 11.9. The molecule has 0 aromatic heterocycles. The molecule has 1 aliphatic heterocycles. The van der Waals surface area contributed by atoms with Crippen molar-refractivity contribution in [2.24, 2.45) is 0 Å². The number of rotatable bonds is 6. The summed E-state index contributed by atoms with van der Waals surface area (Å²) >= 11 is 0. The van der Waals surface area contributed by atoms with E-state index in [4.69, 9.17) is 23.4 Å². The van der Waals surface area contributed by atoms with E-state index in [9.17, 15) is 4.79 Å². The van der Waals surface area contributed by atoms with Crippen LogP contribution in [-0.4, -0.2) is 59.7 Å². The summed E-state index contributed by atoms with van der Waals surface area (Å²) in [5, 5.41) is 0.115. The van der Waals surface area contributed by atoms with Crippen molar-refractivity contribution >= 4 is 14.3 Å². The fourth-order valence-electron chi connectivity index (χ4n) is 2.12. The summed E-state index contributed by atoms with van der Waals surface area (Å²) in [5.74, 6) is -0.409. The molecule has 0 spiro atoms. The lowest BCUT2D eigenvalue weighted by atomic mass is 10.1. The first kappa shape index (κ1) is 19.6. The molecule has 22 heavy (non-hydrogen) atoms. The molecule has 4 atom stereocenters. The van der Waals surface area contributed by atoms with Crippen LogP contribution in [-0.2, 0) is 28.2 Å². The molecule has 1 aliphatic rings. The Hall–Kier alpha value is -0.473. The van der Waals surface area contributed by atoms with Gasteiger partial charge in [0.15, 0.2) is 8.32 Å². The molecule has 0 N–H and O–H groups in total. The molecular weight excluding hydrogens is 304 g/mol. The lowest BCUT2D eigenvalue weighted by Crippen LogP contribution is -2.45. The quantitative estimate of drug-likeness (QED) is 0.549. The van der Waals surface area contributed by atoms with Crippen molar-refractivity contribution in [3.63, 3.8) is 0 Å². The van der Waals surface area contributed by atoms with Gasteiger partial charge < -0.3 is 23.4 Å². The minimum Gasteiger partial charge on any atom is -0.433 e. The van der Waals surface area contributed by atoms with Gasteiger partial charge in [-0.1, -0.05) is 20.8 Å². The van der Waals surface area contributed by atoms with Gasteiger partial charge >= 0.3 is 5.97 Å². The number of esters is 1. The second kappa shape index (κ2) is 7.40. The predicted molar refractivity (Wildman–Crippen MR) is 85.2 cm³/mol. The number of carbonyl (C=O) groups excluding carboxylic acids is 1. The van der Waals surface area contributed by atoms with E-state index in [0.717, 1.165) is 0 Å². The Bertz CT molecular complexity index is 379. The Labute approximate surface area is 134 Å². The molecule has 6 nitrogen and oxygen atoms in total. The molecule has 1 heterocycles. The maximum Gasteiger partial charge on any atom is 0.305 e. The van der Waals surface area contributed by atoms with Crippen LogP contribution in [0.3, 0.4) is 0 Å². The lowest BCUT2D eigenvalue weighted by Gasteiger charge is -2.37. The molecule has 0 unspecified atom stereocenters. The van der Waals surface area contributed by atoms with Gasteiger partial charge in [-0.2, -0.15) is 0 Å². The molecule has 130 valence electrons. The smallest absolute Gasteiger partial charge is 0.305 e. The summed E-state index contributed by atoms with van der Waals surface area (Å²) in [6, 6.07) is 0. The zero-order valence-electron chi connectivity index (χ0n) is 15.0. The standard InChI is InChI=1S/C15H30O6Si/c1-10(16)20-14-13(18-6)12(17-5)11(21-14)9-19-22(7,8)15(2,3)4/h11-14H,9H2,1-8H3/t11-,12-,13-,14-/m1/s1. The summed E-state index contributed by atoms with van der Waals surface area (Å²) in [4.78, 5) is 11.2. The highest BCUT2D eigenvalue weighted by atomic mass is 28.4. The Kier molecular flexibility index (Phi) is 6.58. The van der Waals surface area contributed by atoms with Gasteiger partial charge in [-0.15, -0.1) is 0 Å². The molecule has 7 heteroatoms. The summed E-state index contributed by atoms with van der Waals surface area (Å²) in [7, 11) is 1.26. The van der Waals surface area contributed by atoms with E-state index in [2.05, 4.69) is 33.9 Å². The Morgan fingerprint density at radius 1 is 1.14 bits per heavy atom. The van der Waals surface area contributed by atoms with Crippen LogP contribution in [0.15, 0.2) is 0 Å². The zero-order valence-corrected chi connectivity index (χ0v) is 16.0. The summed E-state index contributed by atoms with van der Waals surface area (Å²) in [6.07, 6.45) is -1.88. The molecule has 0 aliphatic carbocycles. The second-order valence-electron chi connectivity index (χ2n) is 7.12. The van der Waals surface area contributed by atoms with E-state index in [0.29, 0.717) is 6.61 Å². The number of hydrogen-bond acceptors (Lipinski definition) is 6. The van der Waals surface area contributed by atoms with E-state index >= 15 is 0 Å². The highest BCUT2D eigenvalue weighted by Gasteiger charge is 2.48.